The highest BCUT2D eigenvalue weighted by Gasteiger charge is 2.23. The lowest BCUT2D eigenvalue weighted by molar-refractivity contribution is 0.430. The maximum absolute atomic E-state index is 14.1. The highest BCUT2D eigenvalue weighted by atomic mass is 79.9. The fourth-order valence-corrected chi connectivity index (χ4v) is 3.01. The molecule has 0 spiro atoms. The number of benzene rings is 2. The lowest BCUT2D eigenvalue weighted by Gasteiger charge is -2.05. The zero-order valence-electron chi connectivity index (χ0n) is 13.4. The van der Waals surface area contributed by atoms with Gasteiger partial charge in [0.25, 0.3) is 5.89 Å². The van der Waals surface area contributed by atoms with Crippen LogP contribution in [-0.2, 0) is 5.33 Å². The second kappa shape index (κ2) is 6.95. The van der Waals surface area contributed by atoms with E-state index in [0.29, 0.717) is 5.69 Å². The van der Waals surface area contributed by atoms with E-state index in [1.807, 2.05) is 0 Å². The van der Waals surface area contributed by atoms with Gasteiger partial charge in [0, 0.05) is 5.33 Å². The van der Waals surface area contributed by atoms with Gasteiger partial charge >= 0.3 is 0 Å². The molecule has 0 aliphatic carbocycles. The van der Waals surface area contributed by atoms with Crippen molar-refractivity contribution in [3.05, 3.63) is 65.6 Å². The second-order valence-corrected chi connectivity index (χ2v) is 5.99. The number of alkyl halides is 1. The van der Waals surface area contributed by atoms with Gasteiger partial charge in [0.1, 0.15) is 23.1 Å². The molecule has 0 N–H and O–H groups in total. The zero-order chi connectivity index (χ0) is 19.0. The second-order valence-electron chi connectivity index (χ2n) is 5.43. The Morgan fingerprint density at radius 2 is 1.85 bits per heavy atom. The fourth-order valence-electron chi connectivity index (χ4n) is 2.50. The van der Waals surface area contributed by atoms with Crippen molar-refractivity contribution >= 4 is 15.9 Å². The molecule has 0 unspecified atom stereocenters. The normalized spacial score (nSPS) is 11.1. The Kier molecular flexibility index (Phi) is 4.48. The largest absolute Gasteiger partial charge is 0.332 e. The van der Waals surface area contributed by atoms with Crippen molar-refractivity contribution in [2.24, 2.45) is 0 Å². The molecular weight excluding hydrogens is 427 g/mol. The van der Waals surface area contributed by atoms with Gasteiger partial charge in [0.05, 0.1) is 11.3 Å². The van der Waals surface area contributed by atoms with Crippen LogP contribution >= 0.6 is 15.9 Å². The van der Waals surface area contributed by atoms with Crippen LogP contribution in [-0.4, -0.2) is 25.1 Å². The molecule has 136 valence electrons. The molecule has 0 atom stereocenters. The van der Waals surface area contributed by atoms with Crippen molar-refractivity contribution in [2.45, 2.75) is 5.33 Å². The Morgan fingerprint density at radius 3 is 2.63 bits per heavy atom. The third-order valence-corrected chi connectivity index (χ3v) is 4.30. The predicted molar refractivity (Wildman–Crippen MR) is 92.6 cm³/mol. The molecular formula is C17H9BrF3N5O. The molecule has 0 saturated carbocycles. The van der Waals surface area contributed by atoms with Gasteiger partial charge in [-0.25, -0.2) is 17.9 Å². The molecule has 0 bridgehead atoms. The minimum Gasteiger partial charge on any atom is -0.332 e. The summed E-state index contributed by atoms with van der Waals surface area (Å²) in [6, 6.07) is 8.98. The van der Waals surface area contributed by atoms with E-state index in [1.54, 1.807) is 18.2 Å². The first-order valence-electron chi connectivity index (χ1n) is 7.63. The van der Waals surface area contributed by atoms with Crippen LogP contribution in [0.5, 0.6) is 0 Å². The minimum atomic E-state index is -0.695. The summed E-state index contributed by atoms with van der Waals surface area (Å²) in [6.07, 6.45) is 0. The summed E-state index contributed by atoms with van der Waals surface area (Å²) in [5.41, 5.74) is 0.703. The Hall–Kier alpha value is -3.01. The predicted octanol–water partition coefficient (Wildman–Crippen LogP) is 4.30. The van der Waals surface area contributed by atoms with Crippen molar-refractivity contribution in [1.82, 2.24) is 25.1 Å². The molecule has 2 aromatic heterocycles. The summed E-state index contributed by atoms with van der Waals surface area (Å²) in [5, 5.41) is 11.9. The summed E-state index contributed by atoms with van der Waals surface area (Å²) in [6.45, 7) is 0. The van der Waals surface area contributed by atoms with Crippen molar-refractivity contribution in [1.29, 1.82) is 0 Å². The number of aromatic nitrogens is 5. The van der Waals surface area contributed by atoms with E-state index >= 15 is 0 Å². The first-order chi connectivity index (χ1) is 13.1. The van der Waals surface area contributed by atoms with E-state index in [0.717, 1.165) is 18.2 Å². The van der Waals surface area contributed by atoms with Gasteiger partial charge in [-0.2, -0.15) is 4.98 Å². The van der Waals surface area contributed by atoms with E-state index in [2.05, 4.69) is 36.4 Å². The van der Waals surface area contributed by atoms with E-state index in [9.17, 15) is 13.2 Å². The van der Waals surface area contributed by atoms with Crippen molar-refractivity contribution in [3.8, 4) is 28.7 Å². The van der Waals surface area contributed by atoms with E-state index < -0.39 is 17.5 Å². The molecule has 27 heavy (non-hydrogen) atoms. The molecule has 0 fully saturated rings. The number of hydrogen-bond donors (Lipinski definition) is 0. The highest BCUT2D eigenvalue weighted by Crippen LogP contribution is 2.28. The van der Waals surface area contributed by atoms with Crippen LogP contribution in [0.15, 0.2) is 47.0 Å². The average molecular weight is 436 g/mol. The topological polar surface area (TPSA) is 69.6 Å². The van der Waals surface area contributed by atoms with Gasteiger partial charge < -0.3 is 4.52 Å². The number of nitrogens with zero attached hydrogens (tertiary/aromatic N) is 5. The van der Waals surface area contributed by atoms with Gasteiger partial charge in [-0.05, 0) is 30.3 Å². The molecule has 0 aliphatic rings. The van der Waals surface area contributed by atoms with Gasteiger partial charge in [-0.3, -0.25) is 0 Å². The maximum Gasteiger partial charge on any atom is 0.280 e. The number of halogens is 4. The zero-order valence-corrected chi connectivity index (χ0v) is 15.0. The highest BCUT2D eigenvalue weighted by molar-refractivity contribution is 9.08. The molecule has 10 heteroatoms. The van der Waals surface area contributed by atoms with Crippen LogP contribution in [0.4, 0.5) is 13.2 Å². The van der Waals surface area contributed by atoms with Gasteiger partial charge in [0.2, 0.25) is 5.82 Å². The molecule has 0 amide bonds. The minimum absolute atomic E-state index is 0.0503. The maximum atomic E-state index is 14.1. The van der Waals surface area contributed by atoms with Crippen LogP contribution in [0, 0.1) is 17.5 Å². The molecule has 6 nitrogen and oxygen atoms in total. The van der Waals surface area contributed by atoms with E-state index in [4.69, 9.17) is 4.52 Å². The summed E-state index contributed by atoms with van der Waals surface area (Å²) < 4.78 is 47.8. The first-order valence-corrected chi connectivity index (χ1v) is 8.75. The summed E-state index contributed by atoms with van der Waals surface area (Å²) in [4.78, 5) is 4.08. The Bertz CT molecular complexity index is 1130. The quantitative estimate of drug-likeness (QED) is 0.447. The molecule has 4 aromatic rings. The fraction of sp³-hybridized carbons (Fsp3) is 0.0588. The van der Waals surface area contributed by atoms with E-state index in [-0.39, 0.29) is 34.0 Å². The summed E-state index contributed by atoms with van der Waals surface area (Å²) in [7, 11) is 0. The van der Waals surface area contributed by atoms with Gasteiger partial charge in [-0.15, -0.1) is 5.10 Å². The van der Waals surface area contributed by atoms with Crippen molar-refractivity contribution in [3.63, 3.8) is 0 Å². The van der Waals surface area contributed by atoms with Crippen molar-refractivity contribution in [2.75, 3.05) is 0 Å². The number of hydrogen-bond acceptors (Lipinski definition) is 5. The van der Waals surface area contributed by atoms with Crippen LogP contribution in [0.3, 0.4) is 0 Å². The lowest BCUT2D eigenvalue weighted by atomic mass is 10.2. The third-order valence-electron chi connectivity index (χ3n) is 3.77. The molecule has 4 rings (SSSR count). The SMILES string of the molecule is Fc1ccc(F)c(-c2noc(-c3nnn(-c4ccccc4F)c3CBr)n2)c1. The van der Waals surface area contributed by atoms with Crippen LogP contribution in [0.25, 0.3) is 28.7 Å². The molecule has 2 heterocycles. The van der Waals surface area contributed by atoms with Gasteiger partial charge in [-0.1, -0.05) is 38.4 Å². The standard InChI is InChI=1S/C17H9BrF3N5O/c18-8-14-15(23-25-26(14)13-4-2-1-3-12(13)21)17-22-16(24-27-17)10-7-9(19)5-6-11(10)20/h1-7H,8H2. The average Bonchev–Trinajstić information content (AvgIpc) is 3.30. The molecule has 0 saturated heterocycles. The summed E-state index contributed by atoms with van der Waals surface area (Å²) in [5.74, 6) is -2.00. The molecule has 0 aliphatic heterocycles. The Balaban J connectivity index is 1.79. The Labute approximate surface area is 158 Å². The smallest absolute Gasteiger partial charge is 0.280 e. The van der Waals surface area contributed by atoms with Crippen molar-refractivity contribution < 1.29 is 17.7 Å². The third kappa shape index (κ3) is 3.12. The molecule has 2 aromatic carbocycles. The monoisotopic (exact) mass is 435 g/mol. The van der Waals surface area contributed by atoms with Crippen LogP contribution in [0.1, 0.15) is 5.69 Å². The number of rotatable bonds is 4. The first kappa shape index (κ1) is 17.4. The van der Waals surface area contributed by atoms with Gasteiger partial charge in [0.15, 0.2) is 5.69 Å². The van der Waals surface area contributed by atoms with E-state index in [1.165, 1.54) is 10.7 Å². The lowest BCUT2D eigenvalue weighted by Crippen LogP contribution is -2.03. The Morgan fingerprint density at radius 1 is 1.04 bits per heavy atom. The van der Waals surface area contributed by atoms with Crippen LogP contribution < -0.4 is 0 Å². The summed E-state index contributed by atoms with van der Waals surface area (Å²) >= 11 is 3.31. The molecule has 0 radical (unpaired) electrons. The van der Waals surface area contributed by atoms with Crippen LogP contribution in [0.2, 0.25) is 0 Å². The number of para-hydroxylation sites is 1.